The summed E-state index contributed by atoms with van der Waals surface area (Å²) in [5.41, 5.74) is 2.35. The van der Waals surface area contributed by atoms with E-state index in [1.165, 1.54) is 0 Å². The van der Waals surface area contributed by atoms with Crippen LogP contribution in [0, 0.1) is 0 Å². The van der Waals surface area contributed by atoms with Gasteiger partial charge >= 0.3 is 0 Å². The third kappa shape index (κ3) is 4.92. The number of sulfonamides is 1. The van der Waals surface area contributed by atoms with E-state index in [1.54, 1.807) is 16.4 Å². The first kappa shape index (κ1) is 24.1. The van der Waals surface area contributed by atoms with Gasteiger partial charge in [-0.05, 0) is 57.1 Å². The van der Waals surface area contributed by atoms with E-state index in [0.717, 1.165) is 80.2 Å². The number of nitrogens with zero attached hydrogens (tertiary/aromatic N) is 5. The highest BCUT2D eigenvalue weighted by atomic mass is 32.2. The SMILES string of the molecule is CCCCNc1ncc2c(-c3ccc(S(=O)(=O)N4CCCC4)cc3)nn(C3CCC(O)CC3)c2n1. The molecule has 2 fully saturated rings. The number of rotatable bonds is 8. The average molecular weight is 499 g/mol. The van der Waals surface area contributed by atoms with E-state index in [9.17, 15) is 13.5 Å². The number of benzene rings is 1. The van der Waals surface area contributed by atoms with Gasteiger partial charge < -0.3 is 10.4 Å². The number of anilines is 1. The Kier molecular flexibility index (Phi) is 7.04. The molecule has 1 aliphatic heterocycles. The molecular formula is C25H34N6O3S. The second-order valence-electron chi connectivity index (χ2n) is 9.60. The van der Waals surface area contributed by atoms with Crippen molar-refractivity contribution in [2.45, 2.75) is 75.3 Å². The molecule has 1 saturated carbocycles. The molecule has 1 saturated heterocycles. The largest absolute Gasteiger partial charge is 0.393 e. The van der Waals surface area contributed by atoms with Gasteiger partial charge in [0.2, 0.25) is 16.0 Å². The fourth-order valence-corrected chi connectivity index (χ4v) is 6.54. The lowest BCUT2D eigenvalue weighted by Crippen LogP contribution is -2.27. The van der Waals surface area contributed by atoms with Gasteiger partial charge in [0, 0.05) is 31.4 Å². The van der Waals surface area contributed by atoms with Crippen LogP contribution < -0.4 is 5.32 Å². The van der Waals surface area contributed by atoms with Crippen LogP contribution in [0.3, 0.4) is 0 Å². The molecule has 0 bridgehead atoms. The highest BCUT2D eigenvalue weighted by molar-refractivity contribution is 7.89. The van der Waals surface area contributed by atoms with Crippen molar-refractivity contribution in [1.29, 1.82) is 0 Å². The Balaban J connectivity index is 1.50. The normalized spacial score (nSPS) is 21.5. The number of aliphatic hydroxyl groups is 1. The predicted octanol–water partition coefficient (Wildman–Crippen LogP) is 3.97. The molecule has 188 valence electrons. The van der Waals surface area contributed by atoms with Crippen molar-refractivity contribution in [3.05, 3.63) is 30.5 Å². The molecule has 0 unspecified atom stereocenters. The summed E-state index contributed by atoms with van der Waals surface area (Å²) in [7, 11) is -3.46. The number of aromatic nitrogens is 4. The zero-order valence-corrected chi connectivity index (χ0v) is 21.0. The summed E-state index contributed by atoms with van der Waals surface area (Å²) in [5.74, 6) is 0.585. The van der Waals surface area contributed by atoms with E-state index in [2.05, 4.69) is 17.2 Å². The number of hydrogen-bond donors (Lipinski definition) is 2. The van der Waals surface area contributed by atoms with E-state index in [0.29, 0.717) is 23.9 Å². The van der Waals surface area contributed by atoms with Gasteiger partial charge in [-0.2, -0.15) is 14.4 Å². The molecule has 35 heavy (non-hydrogen) atoms. The summed E-state index contributed by atoms with van der Waals surface area (Å²) in [4.78, 5) is 9.65. The van der Waals surface area contributed by atoms with Gasteiger partial charge in [-0.25, -0.2) is 18.1 Å². The molecule has 2 N–H and O–H groups in total. The molecule has 5 rings (SSSR count). The maximum Gasteiger partial charge on any atom is 0.243 e. The Morgan fingerprint density at radius 2 is 1.80 bits per heavy atom. The fraction of sp³-hybridized carbons (Fsp3) is 0.560. The van der Waals surface area contributed by atoms with Crippen LogP contribution in [0.4, 0.5) is 5.95 Å². The van der Waals surface area contributed by atoms with Crippen LogP contribution in [0.25, 0.3) is 22.3 Å². The Hall–Kier alpha value is -2.56. The molecule has 1 aliphatic carbocycles. The van der Waals surface area contributed by atoms with Crippen LogP contribution in [-0.4, -0.2) is 63.3 Å². The first-order valence-corrected chi connectivity index (χ1v) is 14.2. The van der Waals surface area contributed by atoms with Gasteiger partial charge in [0.05, 0.1) is 22.4 Å². The van der Waals surface area contributed by atoms with Gasteiger partial charge in [-0.3, -0.25) is 0 Å². The summed E-state index contributed by atoms with van der Waals surface area (Å²) >= 11 is 0. The molecule has 0 radical (unpaired) electrons. The Morgan fingerprint density at radius 3 is 2.49 bits per heavy atom. The number of fused-ring (bicyclic) bond motifs is 1. The molecule has 0 spiro atoms. The Labute approximate surface area is 206 Å². The Morgan fingerprint density at radius 1 is 1.09 bits per heavy atom. The van der Waals surface area contributed by atoms with Crippen LogP contribution in [0.2, 0.25) is 0 Å². The standard InChI is InChI=1S/C25H34N6O3S/c1-2-3-14-26-25-27-17-22-23(29-31(24(22)28-25)19-8-10-20(32)11-9-19)18-6-12-21(13-7-18)35(33,34)30-15-4-5-16-30/h6-7,12-13,17,19-20,32H,2-5,8-11,14-16H2,1H3,(H,26,27,28). The summed E-state index contributed by atoms with van der Waals surface area (Å²) < 4.78 is 29.4. The lowest BCUT2D eigenvalue weighted by Gasteiger charge is -2.25. The van der Waals surface area contributed by atoms with Crippen LogP contribution >= 0.6 is 0 Å². The molecular weight excluding hydrogens is 464 g/mol. The zero-order chi connectivity index (χ0) is 24.4. The van der Waals surface area contributed by atoms with Crippen molar-refractivity contribution < 1.29 is 13.5 Å². The molecule has 2 aromatic heterocycles. The molecule has 0 amide bonds. The highest BCUT2D eigenvalue weighted by Crippen LogP contribution is 2.35. The van der Waals surface area contributed by atoms with Crippen molar-refractivity contribution in [2.75, 3.05) is 25.0 Å². The second-order valence-corrected chi connectivity index (χ2v) is 11.5. The number of aliphatic hydroxyl groups excluding tert-OH is 1. The van der Waals surface area contributed by atoms with Crippen LogP contribution in [0.1, 0.15) is 64.3 Å². The lowest BCUT2D eigenvalue weighted by atomic mass is 9.93. The van der Waals surface area contributed by atoms with Gasteiger partial charge in [-0.1, -0.05) is 25.5 Å². The number of hydrogen-bond acceptors (Lipinski definition) is 7. The first-order valence-electron chi connectivity index (χ1n) is 12.7. The number of unbranched alkanes of at least 4 members (excludes halogenated alkanes) is 1. The van der Waals surface area contributed by atoms with Crippen molar-refractivity contribution in [3.63, 3.8) is 0 Å². The summed E-state index contributed by atoms with van der Waals surface area (Å²) in [6, 6.07) is 7.15. The van der Waals surface area contributed by atoms with Crippen LogP contribution in [0.15, 0.2) is 35.4 Å². The number of nitrogens with one attached hydrogen (secondary N) is 1. The van der Waals surface area contributed by atoms with E-state index >= 15 is 0 Å². The molecule has 9 nitrogen and oxygen atoms in total. The van der Waals surface area contributed by atoms with Crippen molar-refractivity contribution in [3.8, 4) is 11.3 Å². The molecule has 1 aromatic carbocycles. The predicted molar refractivity (Wildman–Crippen MR) is 136 cm³/mol. The van der Waals surface area contributed by atoms with Crippen molar-refractivity contribution in [1.82, 2.24) is 24.1 Å². The fourth-order valence-electron chi connectivity index (χ4n) is 5.02. The molecule has 2 aliphatic rings. The van der Waals surface area contributed by atoms with E-state index in [-0.39, 0.29) is 12.1 Å². The lowest BCUT2D eigenvalue weighted by molar-refractivity contribution is 0.109. The minimum absolute atomic E-state index is 0.155. The second kappa shape index (κ2) is 10.2. The smallest absolute Gasteiger partial charge is 0.243 e. The van der Waals surface area contributed by atoms with Gasteiger partial charge in [0.15, 0.2) is 5.65 Å². The van der Waals surface area contributed by atoms with Crippen LogP contribution in [0.5, 0.6) is 0 Å². The van der Waals surface area contributed by atoms with Gasteiger partial charge in [0.25, 0.3) is 0 Å². The third-order valence-corrected chi connectivity index (χ3v) is 9.02. The quantitative estimate of drug-likeness (QED) is 0.452. The molecule has 10 heteroatoms. The summed E-state index contributed by atoms with van der Waals surface area (Å²) in [6.45, 7) is 4.13. The average Bonchev–Trinajstić information content (AvgIpc) is 3.54. The maximum atomic E-state index is 12.9. The highest BCUT2D eigenvalue weighted by Gasteiger charge is 2.28. The Bertz CT molecular complexity index is 1260. The van der Waals surface area contributed by atoms with E-state index in [4.69, 9.17) is 10.1 Å². The van der Waals surface area contributed by atoms with E-state index in [1.807, 2.05) is 23.0 Å². The first-order chi connectivity index (χ1) is 17.0. The maximum absolute atomic E-state index is 12.9. The summed E-state index contributed by atoms with van der Waals surface area (Å²) in [6.07, 6.45) is 8.68. The minimum Gasteiger partial charge on any atom is -0.393 e. The third-order valence-electron chi connectivity index (χ3n) is 7.10. The van der Waals surface area contributed by atoms with Crippen LogP contribution in [-0.2, 0) is 10.0 Å². The molecule has 3 heterocycles. The van der Waals surface area contributed by atoms with Crippen molar-refractivity contribution in [2.24, 2.45) is 0 Å². The summed E-state index contributed by atoms with van der Waals surface area (Å²) in [5, 5.41) is 19.1. The molecule has 3 aromatic rings. The van der Waals surface area contributed by atoms with Gasteiger partial charge in [-0.15, -0.1) is 0 Å². The minimum atomic E-state index is -3.46. The van der Waals surface area contributed by atoms with Gasteiger partial charge in [0.1, 0.15) is 5.69 Å². The topological polar surface area (TPSA) is 113 Å². The van der Waals surface area contributed by atoms with Crippen molar-refractivity contribution >= 4 is 27.0 Å². The monoisotopic (exact) mass is 498 g/mol. The van der Waals surface area contributed by atoms with E-state index < -0.39 is 10.0 Å². The zero-order valence-electron chi connectivity index (χ0n) is 20.2. The molecule has 0 atom stereocenters.